The molecule has 7 nitrogen and oxygen atoms in total. The van der Waals surface area contributed by atoms with Crippen molar-refractivity contribution in [1.29, 1.82) is 0 Å². The molecule has 9 heteroatoms. The molecule has 0 fully saturated rings. The SMILES string of the molecule is CCC(CNC(=NC)NCC(=O)NCCOC)Oc1ccccc1F.I. The van der Waals surface area contributed by atoms with Gasteiger partial charge < -0.3 is 25.4 Å². The zero-order chi connectivity index (χ0) is 18.5. The first-order valence-electron chi connectivity index (χ1n) is 8.22. The van der Waals surface area contributed by atoms with Crippen LogP contribution in [0.1, 0.15) is 13.3 Å². The van der Waals surface area contributed by atoms with E-state index in [9.17, 15) is 9.18 Å². The number of halogens is 2. The molecule has 0 bridgehead atoms. The van der Waals surface area contributed by atoms with E-state index in [0.717, 1.165) is 0 Å². The van der Waals surface area contributed by atoms with Gasteiger partial charge >= 0.3 is 0 Å². The fourth-order valence-corrected chi connectivity index (χ4v) is 1.94. The summed E-state index contributed by atoms with van der Waals surface area (Å²) in [7, 11) is 3.18. The Balaban J connectivity index is 0.00000625. The van der Waals surface area contributed by atoms with Gasteiger partial charge in [0.2, 0.25) is 5.91 Å². The van der Waals surface area contributed by atoms with Gasteiger partial charge in [-0.25, -0.2) is 4.39 Å². The highest BCUT2D eigenvalue weighted by atomic mass is 127. The number of rotatable bonds is 10. The van der Waals surface area contributed by atoms with Gasteiger partial charge in [-0.15, -0.1) is 24.0 Å². The lowest BCUT2D eigenvalue weighted by molar-refractivity contribution is -0.120. The molecule has 0 spiro atoms. The maximum atomic E-state index is 13.7. The van der Waals surface area contributed by atoms with Crippen molar-refractivity contribution < 1.29 is 18.7 Å². The summed E-state index contributed by atoms with van der Waals surface area (Å²) in [4.78, 5) is 15.7. The Kier molecular flexibility index (Phi) is 13.6. The van der Waals surface area contributed by atoms with Crippen LogP contribution < -0.4 is 20.7 Å². The summed E-state index contributed by atoms with van der Waals surface area (Å²) in [5.41, 5.74) is 0. The van der Waals surface area contributed by atoms with E-state index in [1.807, 2.05) is 6.92 Å². The molecule has 1 unspecified atom stereocenters. The lowest BCUT2D eigenvalue weighted by atomic mass is 10.2. The highest BCUT2D eigenvalue weighted by Crippen LogP contribution is 2.17. The molecule has 0 aliphatic heterocycles. The second kappa shape index (κ2) is 14.5. The van der Waals surface area contributed by atoms with Crippen molar-refractivity contribution in [2.24, 2.45) is 4.99 Å². The Morgan fingerprint density at radius 3 is 2.62 bits per heavy atom. The third-order valence-electron chi connectivity index (χ3n) is 3.35. The number of para-hydroxylation sites is 1. The molecule has 1 aromatic carbocycles. The molecule has 0 radical (unpaired) electrons. The molecule has 1 atom stereocenters. The molecular weight excluding hydrogens is 454 g/mol. The van der Waals surface area contributed by atoms with Gasteiger partial charge in [0, 0.05) is 20.7 Å². The maximum absolute atomic E-state index is 13.7. The Morgan fingerprint density at radius 2 is 2.00 bits per heavy atom. The quantitative estimate of drug-likeness (QED) is 0.204. The summed E-state index contributed by atoms with van der Waals surface area (Å²) in [6, 6.07) is 6.29. The number of guanidine groups is 1. The maximum Gasteiger partial charge on any atom is 0.239 e. The number of nitrogens with zero attached hydrogens (tertiary/aromatic N) is 1. The third kappa shape index (κ3) is 9.76. The van der Waals surface area contributed by atoms with Gasteiger partial charge in [0.15, 0.2) is 17.5 Å². The van der Waals surface area contributed by atoms with Gasteiger partial charge in [0.25, 0.3) is 0 Å². The van der Waals surface area contributed by atoms with Crippen molar-refractivity contribution in [3.8, 4) is 5.75 Å². The first kappa shape index (κ1) is 24.4. The lowest BCUT2D eigenvalue weighted by Gasteiger charge is -2.20. The topological polar surface area (TPSA) is 84.0 Å². The second-order valence-electron chi connectivity index (χ2n) is 5.23. The molecule has 148 valence electrons. The van der Waals surface area contributed by atoms with Gasteiger partial charge in [0.1, 0.15) is 6.10 Å². The summed E-state index contributed by atoms with van der Waals surface area (Å²) in [6.45, 7) is 3.39. The van der Waals surface area contributed by atoms with E-state index in [2.05, 4.69) is 20.9 Å². The molecular formula is C17H28FIN4O3. The van der Waals surface area contributed by atoms with Gasteiger partial charge in [-0.2, -0.15) is 0 Å². The molecule has 0 aliphatic rings. The number of nitrogens with one attached hydrogen (secondary N) is 3. The minimum atomic E-state index is -0.392. The molecule has 0 aliphatic carbocycles. The second-order valence-corrected chi connectivity index (χ2v) is 5.23. The van der Waals surface area contributed by atoms with Crippen LogP contribution in [0.25, 0.3) is 0 Å². The average molecular weight is 482 g/mol. The molecule has 0 saturated carbocycles. The predicted molar refractivity (Wildman–Crippen MR) is 111 cm³/mol. The van der Waals surface area contributed by atoms with Crippen LogP contribution in [-0.2, 0) is 9.53 Å². The third-order valence-corrected chi connectivity index (χ3v) is 3.35. The summed E-state index contributed by atoms with van der Waals surface area (Å²) < 4.78 is 24.2. The van der Waals surface area contributed by atoms with Crippen molar-refractivity contribution in [1.82, 2.24) is 16.0 Å². The number of hydrogen-bond donors (Lipinski definition) is 3. The normalized spacial score (nSPS) is 11.9. The fourth-order valence-electron chi connectivity index (χ4n) is 1.94. The van der Waals surface area contributed by atoms with E-state index in [1.165, 1.54) is 6.07 Å². The summed E-state index contributed by atoms with van der Waals surface area (Å²) >= 11 is 0. The summed E-state index contributed by atoms with van der Waals surface area (Å²) in [6.07, 6.45) is 0.460. The van der Waals surface area contributed by atoms with Crippen LogP contribution in [-0.4, -0.2) is 58.4 Å². The van der Waals surface area contributed by atoms with Crippen molar-refractivity contribution in [3.63, 3.8) is 0 Å². The molecule has 3 N–H and O–H groups in total. The number of carbonyl (C=O) groups excluding carboxylic acids is 1. The van der Waals surface area contributed by atoms with E-state index in [0.29, 0.717) is 32.1 Å². The number of hydrogen-bond acceptors (Lipinski definition) is 4. The predicted octanol–water partition coefficient (Wildman–Crippen LogP) is 1.53. The van der Waals surface area contributed by atoms with E-state index < -0.39 is 5.82 Å². The zero-order valence-electron chi connectivity index (χ0n) is 15.4. The average Bonchev–Trinajstić information content (AvgIpc) is 2.62. The monoisotopic (exact) mass is 482 g/mol. The van der Waals surface area contributed by atoms with E-state index in [1.54, 1.807) is 32.4 Å². The van der Waals surface area contributed by atoms with Gasteiger partial charge in [0.05, 0.1) is 19.7 Å². The van der Waals surface area contributed by atoms with Crippen LogP contribution in [0.4, 0.5) is 4.39 Å². The molecule has 1 aromatic rings. The number of methoxy groups -OCH3 is 1. The molecule has 0 heterocycles. The molecule has 1 amide bonds. The first-order valence-corrected chi connectivity index (χ1v) is 8.22. The number of benzene rings is 1. The lowest BCUT2D eigenvalue weighted by Crippen LogP contribution is -2.46. The van der Waals surface area contributed by atoms with Crippen LogP contribution in [0.3, 0.4) is 0 Å². The minimum Gasteiger partial charge on any atom is -0.486 e. The first-order chi connectivity index (χ1) is 12.1. The number of aliphatic imine (C=N–C) groups is 1. The number of amides is 1. The standard InChI is InChI=1S/C17H27FN4O3.HI/c1-4-13(25-15-8-6-5-7-14(15)18)11-21-17(19-2)22-12-16(23)20-9-10-24-3;/h5-8,13H,4,9-12H2,1-3H3,(H,20,23)(H2,19,21,22);1H. The van der Waals surface area contributed by atoms with Crippen molar-refractivity contribution in [2.45, 2.75) is 19.4 Å². The molecule has 1 rings (SSSR count). The van der Waals surface area contributed by atoms with Crippen LogP contribution in [0.2, 0.25) is 0 Å². The molecule has 0 saturated heterocycles. The van der Waals surface area contributed by atoms with Crippen LogP contribution in [0.15, 0.2) is 29.3 Å². The highest BCUT2D eigenvalue weighted by molar-refractivity contribution is 14.0. The Bertz CT molecular complexity index is 561. The van der Waals surface area contributed by atoms with Crippen LogP contribution >= 0.6 is 24.0 Å². The van der Waals surface area contributed by atoms with Gasteiger partial charge in [-0.3, -0.25) is 9.79 Å². The van der Waals surface area contributed by atoms with Crippen molar-refractivity contribution in [2.75, 3.05) is 40.4 Å². The Hall–Kier alpha value is -1.62. The fraction of sp³-hybridized carbons (Fsp3) is 0.529. The summed E-state index contributed by atoms with van der Waals surface area (Å²) in [5, 5.41) is 8.68. The number of carbonyl (C=O) groups is 1. The minimum absolute atomic E-state index is 0. The Morgan fingerprint density at radius 1 is 1.27 bits per heavy atom. The van der Waals surface area contributed by atoms with Crippen molar-refractivity contribution >= 4 is 35.8 Å². The van der Waals surface area contributed by atoms with Crippen LogP contribution in [0.5, 0.6) is 5.75 Å². The van der Waals surface area contributed by atoms with E-state index in [-0.39, 0.29) is 48.3 Å². The molecule has 26 heavy (non-hydrogen) atoms. The van der Waals surface area contributed by atoms with Crippen LogP contribution in [0, 0.1) is 5.82 Å². The smallest absolute Gasteiger partial charge is 0.239 e. The van der Waals surface area contributed by atoms with Gasteiger partial charge in [-0.05, 0) is 18.6 Å². The largest absolute Gasteiger partial charge is 0.486 e. The summed E-state index contributed by atoms with van der Waals surface area (Å²) in [5.74, 6) is 0.139. The molecule has 0 aromatic heterocycles. The van der Waals surface area contributed by atoms with E-state index in [4.69, 9.17) is 9.47 Å². The highest BCUT2D eigenvalue weighted by Gasteiger charge is 2.12. The van der Waals surface area contributed by atoms with Crippen molar-refractivity contribution in [3.05, 3.63) is 30.1 Å². The Labute approximate surface area is 171 Å². The zero-order valence-corrected chi connectivity index (χ0v) is 17.7. The number of ether oxygens (including phenoxy) is 2. The van der Waals surface area contributed by atoms with Gasteiger partial charge in [-0.1, -0.05) is 19.1 Å². The van der Waals surface area contributed by atoms with E-state index >= 15 is 0 Å².